The Bertz CT molecular complexity index is 509. The number of esters is 1. The van der Waals surface area contributed by atoms with E-state index < -0.39 is 11.9 Å². The molecule has 1 N–H and O–H groups in total. The number of hydrogen-bond donors (Lipinski definition) is 1. The van der Waals surface area contributed by atoms with Crippen LogP contribution >= 0.6 is 0 Å². The molecule has 0 fully saturated rings. The van der Waals surface area contributed by atoms with Crippen LogP contribution in [0, 0.1) is 0 Å². The highest BCUT2D eigenvalue weighted by Crippen LogP contribution is 2.15. The Morgan fingerprint density at radius 1 is 1.10 bits per heavy atom. The Hall–Kier alpha value is -2.37. The molecule has 114 valence electrons. The molecule has 0 aromatic heterocycles. The van der Waals surface area contributed by atoms with Gasteiger partial charge in [-0.1, -0.05) is 0 Å². The van der Waals surface area contributed by atoms with Gasteiger partial charge in [-0.3, -0.25) is 9.59 Å². The van der Waals surface area contributed by atoms with Crippen molar-refractivity contribution >= 4 is 29.0 Å². The van der Waals surface area contributed by atoms with E-state index in [1.165, 1.54) is 6.92 Å². The second-order valence-corrected chi connectivity index (χ2v) is 4.85. The summed E-state index contributed by atoms with van der Waals surface area (Å²) in [7, 11) is 3.85. The van der Waals surface area contributed by atoms with Crippen molar-refractivity contribution in [2.45, 2.75) is 19.8 Å². The maximum Gasteiger partial charge on any atom is 0.306 e. The van der Waals surface area contributed by atoms with Crippen molar-refractivity contribution in [3.8, 4) is 0 Å². The molecule has 21 heavy (non-hydrogen) atoms. The van der Waals surface area contributed by atoms with Gasteiger partial charge in [-0.2, -0.15) is 0 Å². The Balaban J connectivity index is 2.36. The van der Waals surface area contributed by atoms with E-state index in [0.717, 1.165) is 5.69 Å². The first-order valence-electron chi connectivity index (χ1n) is 6.61. The number of benzene rings is 1. The predicted octanol–water partition coefficient (Wildman–Crippen LogP) is 1.60. The van der Waals surface area contributed by atoms with Crippen molar-refractivity contribution in [2.75, 3.05) is 30.9 Å². The first-order chi connectivity index (χ1) is 9.88. The molecule has 0 saturated heterocycles. The average Bonchev–Trinajstić information content (AvgIpc) is 2.43. The monoisotopic (exact) mass is 292 g/mol. The van der Waals surface area contributed by atoms with Crippen molar-refractivity contribution in [3.05, 3.63) is 24.3 Å². The van der Waals surface area contributed by atoms with Gasteiger partial charge in [0.15, 0.2) is 6.61 Å². The molecule has 0 radical (unpaired) electrons. The molecule has 0 atom stereocenters. The van der Waals surface area contributed by atoms with Gasteiger partial charge in [-0.15, -0.1) is 0 Å². The fourth-order valence-electron chi connectivity index (χ4n) is 1.54. The molecule has 0 saturated carbocycles. The van der Waals surface area contributed by atoms with Gasteiger partial charge in [0.25, 0.3) is 5.91 Å². The van der Waals surface area contributed by atoms with E-state index in [-0.39, 0.29) is 25.2 Å². The maximum absolute atomic E-state index is 11.6. The van der Waals surface area contributed by atoms with Crippen LogP contribution in [0.3, 0.4) is 0 Å². The molecule has 6 heteroatoms. The standard InChI is InChI=1S/C15H20N2O4/c1-11(18)4-9-15(20)21-10-14(19)16-12-5-7-13(8-6-12)17(2)3/h5-8H,4,9-10H2,1-3H3,(H,16,19). The van der Waals surface area contributed by atoms with Gasteiger partial charge in [-0.05, 0) is 31.2 Å². The summed E-state index contributed by atoms with van der Waals surface area (Å²) in [6.07, 6.45) is 0.132. The van der Waals surface area contributed by atoms with E-state index >= 15 is 0 Å². The summed E-state index contributed by atoms with van der Waals surface area (Å²) in [5.74, 6) is -1.05. The van der Waals surface area contributed by atoms with E-state index in [4.69, 9.17) is 4.74 Å². The summed E-state index contributed by atoms with van der Waals surface area (Å²) in [4.78, 5) is 35.5. The lowest BCUT2D eigenvalue weighted by Crippen LogP contribution is -2.21. The highest BCUT2D eigenvalue weighted by molar-refractivity contribution is 5.93. The van der Waals surface area contributed by atoms with Gasteiger partial charge in [0, 0.05) is 31.9 Å². The van der Waals surface area contributed by atoms with Gasteiger partial charge in [0.2, 0.25) is 0 Å². The fraction of sp³-hybridized carbons (Fsp3) is 0.400. The minimum absolute atomic E-state index is 0.000144. The third kappa shape index (κ3) is 6.56. The van der Waals surface area contributed by atoms with Crippen molar-refractivity contribution in [2.24, 2.45) is 0 Å². The first-order valence-corrected chi connectivity index (χ1v) is 6.61. The topological polar surface area (TPSA) is 75.7 Å². The lowest BCUT2D eigenvalue weighted by Gasteiger charge is -2.13. The molecule has 1 amide bonds. The van der Waals surface area contributed by atoms with Crippen LogP contribution in [0.25, 0.3) is 0 Å². The van der Waals surface area contributed by atoms with Crippen LogP contribution in [0.2, 0.25) is 0 Å². The largest absolute Gasteiger partial charge is 0.456 e. The summed E-state index contributed by atoms with van der Waals surface area (Å²) in [5.41, 5.74) is 1.65. The molecule has 0 heterocycles. The number of rotatable bonds is 7. The third-order valence-corrected chi connectivity index (χ3v) is 2.71. The minimum atomic E-state index is -0.552. The normalized spacial score (nSPS) is 9.86. The summed E-state index contributed by atoms with van der Waals surface area (Å²) in [6.45, 7) is 1.05. The molecule has 0 aliphatic rings. The molecule has 1 rings (SSSR count). The number of anilines is 2. The van der Waals surface area contributed by atoms with Crippen molar-refractivity contribution in [3.63, 3.8) is 0 Å². The SMILES string of the molecule is CC(=O)CCC(=O)OCC(=O)Nc1ccc(N(C)C)cc1. The Labute approximate surface area is 124 Å². The number of carbonyl (C=O) groups excluding carboxylic acids is 3. The second-order valence-electron chi connectivity index (χ2n) is 4.85. The van der Waals surface area contributed by atoms with Crippen LogP contribution < -0.4 is 10.2 Å². The number of Topliss-reactive ketones (excluding diaryl/α,β-unsaturated/α-hetero) is 1. The molecule has 0 aliphatic heterocycles. The van der Waals surface area contributed by atoms with Gasteiger partial charge >= 0.3 is 5.97 Å². The Kier molecular flexibility index (Phi) is 6.39. The van der Waals surface area contributed by atoms with Gasteiger partial charge < -0.3 is 19.7 Å². The highest BCUT2D eigenvalue weighted by Gasteiger charge is 2.09. The molecule has 0 unspecified atom stereocenters. The van der Waals surface area contributed by atoms with Crippen LogP contribution in [0.15, 0.2) is 24.3 Å². The molecular weight excluding hydrogens is 272 g/mol. The summed E-state index contributed by atoms with van der Waals surface area (Å²) < 4.78 is 4.78. The number of nitrogens with one attached hydrogen (secondary N) is 1. The Morgan fingerprint density at radius 3 is 2.24 bits per heavy atom. The number of amides is 1. The molecule has 6 nitrogen and oxygen atoms in total. The molecule has 0 bridgehead atoms. The number of ketones is 1. The van der Waals surface area contributed by atoms with Crippen LogP contribution in [-0.4, -0.2) is 38.4 Å². The predicted molar refractivity (Wildman–Crippen MR) is 80.3 cm³/mol. The molecule has 0 spiro atoms. The van der Waals surface area contributed by atoms with E-state index in [9.17, 15) is 14.4 Å². The lowest BCUT2D eigenvalue weighted by atomic mass is 10.2. The smallest absolute Gasteiger partial charge is 0.306 e. The zero-order valence-corrected chi connectivity index (χ0v) is 12.5. The fourth-order valence-corrected chi connectivity index (χ4v) is 1.54. The van der Waals surface area contributed by atoms with Crippen molar-refractivity contribution < 1.29 is 19.1 Å². The van der Waals surface area contributed by atoms with Crippen LogP contribution in [0.4, 0.5) is 11.4 Å². The molecule has 0 aliphatic carbocycles. The van der Waals surface area contributed by atoms with Crippen molar-refractivity contribution in [1.82, 2.24) is 0 Å². The maximum atomic E-state index is 11.6. The first kappa shape index (κ1) is 16.7. The third-order valence-electron chi connectivity index (χ3n) is 2.71. The van der Waals surface area contributed by atoms with E-state index in [1.807, 2.05) is 31.1 Å². The van der Waals surface area contributed by atoms with Crippen LogP contribution in [0.5, 0.6) is 0 Å². The number of nitrogens with zero attached hydrogens (tertiary/aromatic N) is 1. The van der Waals surface area contributed by atoms with E-state index in [1.54, 1.807) is 12.1 Å². The molecule has 1 aromatic carbocycles. The number of hydrogen-bond acceptors (Lipinski definition) is 5. The van der Waals surface area contributed by atoms with Gasteiger partial charge in [-0.25, -0.2) is 0 Å². The van der Waals surface area contributed by atoms with E-state index in [2.05, 4.69) is 5.32 Å². The highest BCUT2D eigenvalue weighted by atomic mass is 16.5. The molecule has 1 aromatic rings. The minimum Gasteiger partial charge on any atom is -0.456 e. The van der Waals surface area contributed by atoms with E-state index in [0.29, 0.717) is 5.69 Å². The number of carbonyl (C=O) groups is 3. The van der Waals surface area contributed by atoms with Crippen LogP contribution in [-0.2, 0) is 19.1 Å². The average molecular weight is 292 g/mol. The Morgan fingerprint density at radius 2 is 1.71 bits per heavy atom. The number of ether oxygens (including phenoxy) is 1. The van der Waals surface area contributed by atoms with Gasteiger partial charge in [0.05, 0.1) is 6.42 Å². The summed E-state index contributed by atoms with van der Waals surface area (Å²) >= 11 is 0. The van der Waals surface area contributed by atoms with Gasteiger partial charge in [0.1, 0.15) is 5.78 Å². The summed E-state index contributed by atoms with van der Waals surface area (Å²) in [5, 5.41) is 2.63. The lowest BCUT2D eigenvalue weighted by molar-refractivity contribution is -0.148. The second kappa shape index (κ2) is 8.04. The zero-order chi connectivity index (χ0) is 15.8. The summed E-state index contributed by atoms with van der Waals surface area (Å²) in [6, 6.07) is 7.28. The zero-order valence-electron chi connectivity index (χ0n) is 12.5. The van der Waals surface area contributed by atoms with Crippen LogP contribution in [0.1, 0.15) is 19.8 Å². The quantitative estimate of drug-likeness (QED) is 0.773. The van der Waals surface area contributed by atoms with Crippen molar-refractivity contribution in [1.29, 1.82) is 0 Å². The molecular formula is C15H20N2O4.